The number of benzene rings is 1. The van der Waals surface area contributed by atoms with E-state index in [0.717, 1.165) is 25.7 Å². The van der Waals surface area contributed by atoms with Gasteiger partial charge in [-0.2, -0.15) is 0 Å². The number of carbonyl (C=O) groups excluding carboxylic acids is 1. The third-order valence-electron chi connectivity index (χ3n) is 4.59. The monoisotopic (exact) mass is 387 g/mol. The van der Waals surface area contributed by atoms with Crippen LogP contribution in [0.15, 0.2) is 12.1 Å². The molecule has 0 bridgehead atoms. The lowest BCUT2D eigenvalue weighted by atomic mass is 9.75. The number of ether oxygens (including phenoxy) is 1. The second kappa shape index (κ2) is 8.77. The van der Waals surface area contributed by atoms with Gasteiger partial charge in [-0.3, -0.25) is 9.59 Å². The zero-order chi connectivity index (χ0) is 18.4. The highest BCUT2D eigenvalue weighted by atomic mass is 35.5. The molecule has 2 rings (SSSR count). The van der Waals surface area contributed by atoms with Gasteiger partial charge in [0.05, 0.1) is 17.3 Å². The number of halogens is 2. The van der Waals surface area contributed by atoms with Crippen molar-refractivity contribution in [3.8, 4) is 5.75 Å². The van der Waals surface area contributed by atoms with E-state index < -0.39 is 5.97 Å². The largest absolute Gasteiger partial charge is 0.492 e. The van der Waals surface area contributed by atoms with Crippen molar-refractivity contribution in [3.05, 3.63) is 22.2 Å². The number of rotatable bonds is 7. The summed E-state index contributed by atoms with van der Waals surface area (Å²) in [5.74, 6) is -0.541. The molecule has 1 aromatic carbocycles. The Morgan fingerprint density at radius 1 is 1.20 bits per heavy atom. The average molecular weight is 388 g/mol. The van der Waals surface area contributed by atoms with E-state index in [-0.39, 0.29) is 34.4 Å². The molecule has 0 unspecified atom stereocenters. The van der Waals surface area contributed by atoms with Gasteiger partial charge in [0.2, 0.25) is 5.91 Å². The van der Waals surface area contributed by atoms with E-state index in [2.05, 4.69) is 5.32 Å². The molecule has 1 amide bonds. The number of amides is 1. The molecule has 0 atom stereocenters. The van der Waals surface area contributed by atoms with Crippen LogP contribution < -0.4 is 10.1 Å². The lowest BCUT2D eigenvalue weighted by Crippen LogP contribution is -2.35. The third kappa shape index (κ3) is 5.25. The summed E-state index contributed by atoms with van der Waals surface area (Å²) in [6, 6.07) is 3.29. The molecule has 0 spiro atoms. The molecule has 0 saturated heterocycles. The van der Waals surface area contributed by atoms with Crippen LogP contribution in [-0.2, 0) is 9.59 Å². The highest BCUT2D eigenvalue weighted by molar-refractivity contribution is 6.44. The van der Waals surface area contributed by atoms with Gasteiger partial charge in [0.25, 0.3) is 0 Å². The molecule has 5 nitrogen and oxygen atoms in total. The summed E-state index contributed by atoms with van der Waals surface area (Å²) < 4.78 is 5.47. The second-order valence-corrected chi connectivity index (χ2v) is 7.42. The maximum atomic E-state index is 12.6. The Bertz CT molecular complexity index is 642. The number of nitrogens with one attached hydrogen (secondary N) is 1. The van der Waals surface area contributed by atoms with Gasteiger partial charge in [0, 0.05) is 11.8 Å². The lowest BCUT2D eigenvalue weighted by molar-refractivity contribution is -0.137. The molecule has 0 aliphatic heterocycles. The van der Waals surface area contributed by atoms with Gasteiger partial charge in [0.15, 0.2) is 0 Å². The highest BCUT2D eigenvalue weighted by Gasteiger charge is 2.34. The fourth-order valence-corrected chi connectivity index (χ4v) is 3.40. The zero-order valence-corrected chi connectivity index (χ0v) is 15.8. The molecule has 2 N–H and O–H groups in total. The molecular weight excluding hydrogens is 365 g/mol. The first-order valence-electron chi connectivity index (χ1n) is 8.47. The first-order chi connectivity index (χ1) is 11.8. The maximum Gasteiger partial charge on any atom is 0.303 e. The minimum atomic E-state index is -0.873. The quantitative estimate of drug-likeness (QED) is 0.634. The van der Waals surface area contributed by atoms with Gasteiger partial charge in [0.1, 0.15) is 10.8 Å². The van der Waals surface area contributed by atoms with Crippen LogP contribution in [-0.4, -0.2) is 23.6 Å². The van der Waals surface area contributed by atoms with Crippen molar-refractivity contribution in [1.82, 2.24) is 0 Å². The van der Waals surface area contributed by atoms with E-state index in [1.165, 1.54) is 6.42 Å². The third-order valence-corrected chi connectivity index (χ3v) is 5.46. The number of carboxylic acids is 1. The van der Waals surface area contributed by atoms with Crippen molar-refractivity contribution >= 4 is 40.8 Å². The van der Waals surface area contributed by atoms with Crippen LogP contribution in [0.3, 0.4) is 0 Å². The highest BCUT2D eigenvalue weighted by Crippen LogP contribution is 2.40. The van der Waals surface area contributed by atoms with Gasteiger partial charge in [-0.25, -0.2) is 0 Å². The van der Waals surface area contributed by atoms with Crippen molar-refractivity contribution < 1.29 is 19.4 Å². The molecule has 25 heavy (non-hydrogen) atoms. The smallest absolute Gasteiger partial charge is 0.303 e. The predicted octanol–water partition coefficient (Wildman–Crippen LogP) is 5.15. The van der Waals surface area contributed by atoms with Gasteiger partial charge in [-0.15, -0.1) is 0 Å². The number of hydrogen-bond acceptors (Lipinski definition) is 3. The Hall–Kier alpha value is -1.46. The van der Waals surface area contributed by atoms with E-state index in [4.69, 9.17) is 33.0 Å². The van der Waals surface area contributed by atoms with Crippen molar-refractivity contribution in [1.29, 1.82) is 0 Å². The molecule has 1 aromatic rings. The van der Waals surface area contributed by atoms with Crippen LogP contribution in [0.2, 0.25) is 10.0 Å². The standard InChI is InChI=1S/C18H23Cl2NO4/c1-18(9-3-2-4-10-18)17(24)21-12-7-8-13(16(20)15(12)19)25-11-5-6-14(22)23/h7-8H,2-6,9-11H2,1H3,(H,21,24)(H,22,23). The van der Waals surface area contributed by atoms with E-state index >= 15 is 0 Å². The normalized spacial score (nSPS) is 16.3. The first-order valence-corrected chi connectivity index (χ1v) is 9.23. The summed E-state index contributed by atoms with van der Waals surface area (Å²) in [4.78, 5) is 23.1. The van der Waals surface area contributed by atoms with Crippen LogP contribution in [0.5, 0.6) is 5.75 Å². The van der Waals surface area contributed by atoms with Crippen LogP contribution in [0.1, 0.15) is 51.9 Å². The Kier molecular flexibility index (Phi) is 6.96. The second-order valence-electron chi connectivity index (χ2n) is 6.66. The van der Waals surface area contributed by atoms with Crippen LogP contribution >= 0.6 is 23.2 Å². The van der Waals surface area contributed by atoms with E-state index in [1.54, 1.807) is 12.1 Å². The summed E-state index contributed by atoms with van der Waals surface area (Å²) in [7, 11) is 0. The van der Waals surface area contributed by atoms with Crippen molar-refractivity contribution in [3.63, 3.8) is 0 Å². The topological polar surface area (TPSA) is 75.6 Å². The average Bonchev–Trinajstić information content (AvgIpc) is 2.58. The predicted molar refractivity (Wildman–Crippen MR) is 98.6 cm³/mol. The molecule has 1 aliphatic rings. The summed E-state index contributed by atoms with van der Waals surface area (Å²) in [6.07, 6.45) is 5.43. The van der Waals surface area contributed by atoms with Crippen molar-refractivity contribution in [2.45, 2.75) is 51.9 Å². The number of hydrogen-bond donors (Lipinski definition) is 2. The molecule has 0 radical (unpaired) electrons. The van der Waals surface area contributed by atoms with Crippen molar-refractivity contribution in [2.75, 3.05) is 11.9 Å². The minimum absolute atomic E-state index is 0.0259. The fourth-order valence-electron chi connectivity index (χ4n) is 2.98. The Morgan fingerprint density at radius 2 is 1.88 bits per heavy atom. The maximum absolute atomic E-state index is 12.6. The molecular formula is C18H23Cl2NO4. The van der Waals surface area contributed by atoms with Gasteiger partial charge in [-0.05, 0) is 31.4 Å². The summed E-state index contributed by atoms with van der Waals surface area (Å²) >= 11 is 12.5. The number of carbonyl (C=O) groups is 2. The molecule has 0 heterocycles. The zero-order valence-electron chi connectivity index (χ0n) is 14.2. The Morgan fingerprint density at radius 3 is 2.52 bits per heavy atom. The first kappa shape index (κ1) is 19.9. The molecule has 1 aliphatic carbocycles. The van der Waals surface area contributed by atoms with Crippen molar-refractivity contribution in [2.24, 2.45) is 5.41 Å². The molecule has 7 heteroatoms. The van der Waals surface area contributed by atoms with Crippen LogP contribution in [0.25, 0.3) is 0 Å². The van der Waals surface area contributed by atoms with E-state index in [0.29, 0.717) is 17.9 Å². The molecule has 1 saturated carbocycles. The molecule has 138 valence electrons. The Balaban J connectivity index is 2.01. The summed E-state index contributed by atoms with van der Waals surface area (Å²) in [5, 5.41) is 11.9. The molecule has 1 fully saturated rings. The number of carboxylic acid groups (broad SMARTS) is 1. The lowest BCUT2D eigenvalue weighted by Gasteiger charge is -2.32. The van der Waals surface area contributed by atoms with Crippen LogP contribution in [0.4, 0.5) is 5.69 Å². The summed E-state index contributed by atoms with van der Waals surface area (Å²) in [6.45, 7) is 2.21. The van der Waals surface area contributed by atoms with E-state index in [9.17, 15) is 9.59 Å². The Labute approximate surface area is 157 Å². The summed E-state index contributed by atoms with van der Waals surface area (Å²) in [5.41, 5.74) is 0.0846. The SMILES string of the molecule is CC1(C(=O)Nc2ccc(OCCCC(=O)O)c(Cl)c2Cl)CCCCC1. The molecule has 0 aromatic heterocycles. The van der Waals surface area contributed by atoms with Gasteiger partial charge >= 0.3 is 5.97 Å². The fraction of sp³-hybridized carbons (Fsp3) is 0.556. The minimum Gasteiger partial charge on any atom is -0.492 e. The number of anilines is 1. The number of aliphatic carboxylic acids is 1. The van der Waals surface area contributed by atoms with Gasteiger partial charge < -0.3 is 15.2 Å². The van der Waals surface area contributed by atoms with Gasteiger partial charge in [-0.1, -0.05) is 49.4 Å². The van der Waals surface area contributed by atoms with E-state index in [1.807, 2.05) is 6.92 Å². The van der Waals surface area contributed by atoms with Crippen LogP contribution in [0, 0.1) is 5.41 Å².